The minimum absolute atomic E-state index is 0.00469. The number of benzene rings is 2. The molecule has 25 heavy (non-hydrogen) atoms. The molecule has 0 radical (unpaired) electrons. The molecule has 128 valence electrons. The molecule has 3 rings (SSSR count). The van der Waals surface area contributed by atoms with E-state index in [0.717, 1.165) is 0 Å². The number of fused-ring (bicyclic) bond motifs is 1. The number of methoxy groups -OCH3 is 1. The van der Waals surface area contributed by atoms with Crippen molar-refractivity contribution in [2.24, 2.45) is 4.99 Å². The zero-order chi connectivity index (χ0) is 18.0. The van der Waals surface area contributed by atoms with Crippen molar-refractivity contribution in [1.29, 1.82) is 0 Å². The van der Waals surface area contributed by atoms with Crippen LogP contribution in [-0.4, -0.2) is 28.8 Å². The summed E-state index contributed by atoms with van der Waals surface area (Å²) in [4.78, 5) is 15.7. The number of aliphatic imine (C=N–C) groups is 1. The fraction of sp³-hybridized carbons (Fsp3) is 0.111. The lowest BCUT2D eigenvalue weighted by atomic mass is 10.2. The zero-order valence-corrected chi connectivity index (χ0v) is 14.4. The minimum Gasteiger partial charge on any atom is -0.497 e. The molecule has 0 saturated carbocycles. The third kappa shape index (κ3) is 3.18. The lowest BCUT2D eigenvalue weighted by Gasteiger charge is -2.06. The van der Waals surface area contributed by atoms with Crippen molar-refractivity contribution in [3.63, 3.8) is 0 Å². The average molecular weight is 357 g/mol. The number of hydrogen-bond donors (Lipinski definition) is 0. The van der Waals surface area contributed by atoms with E-state index in [9.17, 15) is 13.2 Å². The Bertz CT molecular complexity index is 1130. The minimum atomic E-state index is -4.02. The van der Waals surface area contributed by atoms with Gasteiger partial charge in [0.15, 0.2) is 4.90 Å². The Labute approximate surface area is 144 Å². The van der Waals surface area contributed by atoms with Gasteiger partial charge in [0, 0.05) is 24.7 Å². The second-order valence-corrected chi connectivity index (χ2v) is 7.18. The van der Waals surface area contributed by atoms with Crippen molar-refractivity contribution < 1.29 is 17.6 Å². The van der Waals surface area contributed by atoms with Crippen LogP contribution in [0.25, 0.3) is 11.0 Å². The second-order valence-electron chi connectivity index (χ2n) is 5.27. The quantitative estimate of drug-likeness (QED) is 0.529. The SMILES string of the molecule is C/N=C/c1cccc(S(=O)(=O)c2cc3ccc(OC)cc3oc2=O)c1. The summed E-state index contributed by atoms with van der Waals surface area (Å²) < 4.78 is 35.9. The molecule has 2 aromatic carbocycles. The first-order valence-corrected chi connectivity index (χ1v) is 8.83. The number of sulfone groups is 1. The van der Waals surface area contributed by atoms with Crippen LogP contribution in [0.15, 0.2) is 72.5 Å². The Morgan fingerprint density at radius 2 is 1.92 bits per heavy atom. The van der Waals surface area contributed by atoms with E-state index in [1.165, 1.54) is 37.6 Å². The normalized spacial score (nSPS) is 11.9. The van der Waals surface area contributed by atoms with Crippen LogP contribution in [0.2, 0.25) is 0 Å². The summed E-state index contributed by atoms with van der Waals surface area (Å²) in [6.07, 6.45) is 1.54. The summed E-state index contributed by atoms with van der Waals surface area (Å²) in [6, 6.07) is 12.4. The molecular formula is C18H15NO5S. The molecule has 0 aliphatic rings. The van der Waals surface area contributed by atoms with Crippen molar-refractivity contribution >= 4 is 27.0 Å². The number of ether oxygens (including phenoxy) is 1. The maximum atomic E-state index is 12.8. The molecule has 1 heterocycles. The van der Waals surface area contributed by atoms with Gasteiger partial charge in [-0.3, -0.25) is 4.99 Å². The van der Waals surface area contributed by atoms with Gasteiger partial charge < -0.3 is 9.15 Å². The van der Waals surface area contributed by atoms with Gasteiger partial charge in [0.2, 0.25) is 9.84 Å². The first-order valence-electron chi connectivity index (χ1n) is 7.35. The van der Waals surface area contributed by atoms with Gasteiger partial charge in [-0.2, -0.15) is 0 Å². The Morgan fingerprint density at radius 1 is 1.12 bits per heavy atom. The molecule has 0 aliphatic heterocycles. The van der Waals surface area contributed by atoms with Crippen LogP contribution in [0, 0.1) is 0 Å². The third-order valence-electron chi connectivity index (χ3n) is 3.65. The fourth-order valence-electron chi connectivity index (χ4n) is 2.42. The molecule has 0 amide bonds. The average Bonchev–Trinajstić information content (AvgIpc) is 2.61. The van der Waals surface area contributed by atoms with E-state index in [4.69, 9.17) is 9.15 Å². The van der Waals surface area contributed by atoms with Gasteiger partial charge in [-0.1, -0.05) is 12.1 Å². The van der Waals surface area contributed by atoms with E-state index < -0.39 is 20.4 Å². The van der Waals surface area contributed by atoms with E-state index in [1.54, 1.807) is 31.3 Å². The largest absolute Gasteiger partial charge is 0.497 e. The molecule has 0 unspecified atom stereocenters. The highest BCUT2D eigenvalue weighted by atomic mass is 32.2. The standard InChI is InChI=1S/C18H15NO5S/c1-19-11-12-4-3-5-15(8-12)25(21,22)17-9-13-6-7-14(23-2)10-16(13)24-18(17)20/h3-11H,1-2H3/b19-11+. The van der Waals surface area contributed by atoms with Gasteiger partial charge in [0.1, 0.15) is 11.3 Å². The molecule has 7 heteroatoms. The Kier molecular flexibility index (Phi) is 4.41. The van der Waals surface area contributed by atoms with Crippen LogP contribution < -0.4 is 10.4 Å². The number of hydrogen-bond acceptors (Lipinski definition) is 6. The summed E-state index contributed by atoms with van der Waals surface area (Å²) in [5.41, 5.74) is -0.0380. The van der Waals surface area contributed by atoms with Crippen molar-refractivity contribution in [2.45, 2.75) is 9.79 Å². The lowest BCUT2D eigenvalue weighted by Crippen LogP contribution is -2.14. The van der Waals surface area contributed by atoms with Crippen LogP contribution in [0.5, 0.6) is 5.75 Å². The first-order chi connectivity index (χ1) is 12.0. The molecule has 0 fully saturated rings. The van der Waals surface area contributed by atoms with E-state index in [0.29, 0.717) is 16.7 Å². The van der Waals surface area contributed by atoms with Crippen molar-refractivity contribution in [3.05, 3.63) is 64.5 Å². The van der Waals surface area contributed by atoms with Crippen LogP contribution in [0.4, 0.5) is 0 Å². The zero-order valence-electron chi connectivity index (χ0n) is 13.6. The van der Waals surface area contributed by atoms with Crippen molar-refractivity contribution in [1.82, 2.24) is 0 Å². The molecule has 0 bridgehead atoms. The highest BCUT2D eigenvalue weighted by molar-refractivity contribution is 7.91. The second kappa shape index (κ2) is 6.52. The van der Waals surface area contributed by atoms with E-state index in [2.05, 4.69) is 4.99 Å². The molecule has 0 spiro atoms. The fourth-order valence-corrected chi connectivity index (χ4v) is 3.77. The van der Waals surface area contributed by atoms with Gasteiger partial charge in [0.05, 0.1) is 12.0 Å². The molecule has 0 aliphatic carbocycles. The Balaban J connectivity index is 2.19. The highest BCUT2D eigenvalue weighted by Crippen LogP contribution is 2.24. The van der Waals surface area contributed by atoms with E-state index >= 15 is 0 Å². The van der Waals surface area contributed by atoms with Crippen LogP contribution in [0.1, 0.15) is 5.56 Å². The smallest absolute Gasteiger partial charge is 0.355 e. The number of rotatable bonds is 4. The predicted octanol–water partition coefficient (Wildman–Crippen LogP) is 2.68. The summed E-state index contributed by atoms with van der Waals surface area (Å²) in [5, 5.41) is 0.491. The maximum Gasteiger partial charge on any atom is 0.355 e. The third-order valence-corrected chi connectivity index (χ3v) is 5.39. The molecular weight excluding hydrogens is 342 g/mol. The van der Waals surface area contributed by atoms with E-state index in [1.807, 2.05) is 0 Å². The van der Waals surface area contributed by atoms with Crippen molar-refractivity contribution in [3.8, 4) is 5.75 Å². The highest BCUT2D eigenvalue weighted by Gasteiger charge is 2.23. The van der Waals surface area contributed by atoms with Crippen LogP contribution in [-0.2, 0) is 9.84 Å². The summed E-state index contributed by atoms with van der Waals surface area (Å²) in [5.74, 6) is 0.512. The lowest BCUT2D eigenvalue weighted by molar-refractivity contribution is 0.414. The topological polar surface area (TPSA) is 85.9 Å². The maximum absolute atomic E-state index is 12.8. The van der Waals surface area contributed by atoms with Crippen molar-refractivity contribution in [2.75, 3.05) is 14.2 Å². The molecule has 1 aromatic heterocycles. The monoisotopic (exact) mass is 357 g/mol. The molecule has 0 N–H and O–H groups in total. The molecule has 3 aromatic rings. The first kappa shape index (κ1) is 16.9. The predicted molar refractivity (Wildman–Crippen MR) is 94.4 cm³/mol. The molecule has 6 nitrogen and oxygen atoms in total. The van der Waals surface area contributed by atoms with Gasteiger partial charge in [0.25, 0.3) is 0 Å². The molecule has 0 saturated heterocycles. The summed E-state index contributed by atoms with van der Waals surface area (Å²) in [6.45, 7) is 0. The Morgan fingerprint density at radius 3 is 2.64 bits per heavy atom. The van der Waals surface area contributed by atoms with E-state index in [-0.39, 0.29) is 10.5 Å². The van der Waals surface area contributed by atoms with Gasteiger partial charge in [-0.05, 0) is 35.9 Å². The van der Waals surface area contributed by atoms with Crippen LogP contribution >= 0.6 is 0 Å². The Hall–Kier alpha value is -2.93. The van der Waals surface area contributed by atoms with Crippen LogP contribution in [0.3, 0.4) is 0 Å². The van der Waals surface area contributed by atoms with Gasteiger partial charge in [-0.25, -0.2) is 13.2 Å². The summed E-state index contributed by atoms with van der Waals surface area (Å²) in [7, 11) is -0.935. The molecule has 0 atom stereocenters. The van der Waals surface area contributed by atoms with Gasteiger partial charge >= 0.3 is 5.63 Å². The summed E-state index contributed by atoms with van der Waals surface area (Å²) >= 11 is 0. The number of nitrogens with zero attached hydrogens (tertiary/aromatic N) is 1. The van der Waals surface area contributed by atoms with Gasteiger partial charge in [-0.15, -0.1) is 0 Å².